The number of halogens is 1. The average Bonchev–Trinajstić information content (AvgIpc) is 2.90. The van der Waals surface area contributed by atoms with Crippen molar-refractivity contribution in [1.29, 1.82) is 0 Å². The van der Waals surface area contributed by atoms with Gasteiger partial charge in [-0.2, -0.15) is 0 Å². The molecule has 0 amide bonds. The van der Waals surface area contributed by atoms with Crippen molar-refractivity contribution >= 4 is 20.9 Å². The summed E-state index contributed by atoms with van der Waals surface area (Å²) in [6, 6.07) is 18.7. The van der Waals surface area contributed by atoms with Gasteiger partial charge >= 0.3 is 115 Å². The van der Waals surface area contributed by atoms with E-state index in [1.165, 1.54) is 21.3 Å². The standard InChI is InChI=1S/C15H10FOTe/c16-13-8-6-11(7-9-13)14-10-15(18-17-14)12-4-2-1-3-5-12/h1-10H/q+1. The van der Waals surface area contributed by atoms with Crippen molar-refractivity contribution in [2.75, 3.05) is 0 Å². The molecule has 88 valence electrons. The summed E-state index contributed by atoms with van der Waals surface area (Å²) in [6.07, 6.45) is 0. The Labute approximate surface area is 115 Å². The van der Waals surface area contributed by atoms with Crippen LogP contribution in [0.5, 0.6) is 0 Å². The third kappa shape index (κ3) is 2.38. The number of hydrogen-bond donors (Lipinski definition) is 0. The van der Waals surface area contributed by atoms with E-state index in [4.69, 9.17) is 2.76 Å². The molecule has 0 atom stereocenters. The van der Waals surface area contributed by atoms with Crippen molar-refractivity contribution in [3.8, 4) is 20.5 Å². The zero-order valence-corrected chi connectivity index (χ0v) is 11.8. The summed E-state index contributed by atoms with van der Waals surface area (Å²) in [5.74, 6) is 0.636. The Morgan fingerprint density at radius 3 is 2.28 bits per heavy atom. The molecule has 1 nitrogen and oxygen atoms in total. The quantitative estimate of drug-likeness (QED) is 0.499. The van der Waals surface area contributed by atoms with Crippen LogP contribution in [0.1, 0.15) is 0 Å². The van der Waals surface area contributed by atoms with Crippen molar-refractivity contribution < 1.29 is 7.15 Å². The molecule has 0 saturated carbocycles. The first-order valence-electron chi connectivity index (χ1n) is 5.57. The molecule has 3 heteroatoms. The minimum atomic E-state index is -0.630. The Kier molecular flexibility index (Phi) is 3.27. The maximum absolute atomic E-state index is 12.9. The van der Waals surface area contributed by atoms with Gasteiger partial charge in [0.05, 0.1) is 0 Å². The van der Waals surface area contributed by atoms with Crippen LogP contribution < -0.4 is 0 Å². The van der Waals surface area contributed by atoms with E-state index in [2.05, 4.69) is 18.2 Å². The summed E-state index contributed by atoms with van der Waals surface area (Å²) in [5, 5.41) is 0. The Hall–Kier alpha value is -1.43. The maximum atomic E-state index is 12.9. The van der Waals surface area contributed by atoms with Gasteiger partial charge in [0.15, 0.2) is 0 Å². The molecule has 1 heterocycles. The van der Waals surface area contributed by atoms with E-state index in [0.29, 0.717) is 0 Å². The second-order valence-electron chi connectivity index (χ2n) is 3.91. The second-order valence-corrected chi connectivity index (χ2v) is 6.12. The van der Waals surface area contributed by atoms with Gasteiger partial charge in [-0.3, -0.25) is 0 Å². The van der Waals surface area contributed by atoms with Crippen LogP contribution in [0.4, 0.5) is 4.39 Å². The summed E-state index contributed by atoms with van der Waals surface area (Å²) >= 11 is -0.630. The van der Waals surface area contributed by atoms with Gasteiger partial charge in [0.2, 0.25) is 0 Å². The Balaban J connectivity index is 1.97. The third-order valence-corrected chi connectivity index (χ3v) is 4.94. The van der Waals surface area contributed by atoms with E-state index in [0.717, 1.165) is 11.3 Å². The van der Waals surface area contributed by atoms with Crippen LogP contribution in [-0.4, -0.2) is 20.9 Å². The summed E-state index contributed by atoms with van der Waals surface area (Å²) in [7, 11) is 0. The zero-order valence-electron chi connectivity index (χ0n) is 9.47. The molecule has 0 aliphatic rings. The molecular formula is C15H10FOTe+. The molecule has 0 fully saturated rings. The van der Waals surface area contributed by atoms with Gasteiger partial charge in [0, 0.05) is 0 Å². The number of rotatable bonds is 2. The topological polar surface area (TPSA) is 11.3 Å². The van der Waals surface area contributed by atoms with Crippen molar-refractivity contribution in [2.45, 2.75) is 0 Å². The molecule has 1 aromatic heterocycles. The van der Waals surface area contributed by atoms with Gasteiger partial charge in [-0.15, -0.1) is 0 Å². The molecule has 0 saturated heterocycles. The summed E-state index contributed by atoms with van der Waals surface area (Å²) in [5.41, 5.74) is 2.16. The van der Waals surface area contributed by atoms with E-state index < -0.39 is 20.9 Å². The van der Waals surface area contributed by atoms with Crippen LogP contribution in [-0.2, 0) is 0 Å². The summed E-state index contributed by atoms with van der Waals surface area (Å²) < 4.78 is 19.9. The average molecular weight is 353 g/mol. The van der Waals surface area contributed by atoms with Crippen LogP contribution in [0, 0.1) is 5.82 Å². The van der Waals surface area contributed by atoms with Crippen molar-refractivity contribution in [1.82, 2.24) is 0 Å². The van der Waals surface area contributed by atoms with Gasteiger partial charge in [-0.1, -0.05) is 0 Å². The van der Waals surface area contributed by atoms with Crippen LogP contribution in [0.2, 0.25) is 0 Å². The molecule has 0 aliphatic carbocycles. The molecule has 0 bridgehead atoms. The molecular weight excluding hydrogens is 343 g/mol. The minimum absolute atomic E-state index is 0.221. The number of hydrogen-bond acceptors (Lipinski definition) is 0. The van der Waals surface area contributed by atoms with Crippen LogP contribution in [0.15, 0.2) is 63.4 Å². The van der Waals surface area contributed by atoms with Crippen molar-refractivity contribution in [3.63, 3.8) is 0 Å². The Morgan fingerprint density at radius 2 is 1.56 bits per heavy atom. The molecule has 0 unspecified atom stereocenters. The summed E-state index contributed by atoms with van der Waals surface area (Å²) in [4.78, 5) is 0. The van der Waals surface area contributed by atoms with Gasteiger partial charge < -0.3 is 0 Å². The number of benzene rings is 2. The molecule has 0 radical (unpaired) electrons. The van der Waals surface area contributed by atoms with E-state index in [9.17, 15) is 4.39 Å². The van der Waals surface area contributed by atoms with Gasteiger partial charge in [-0.05, 0) is 0 Å². The normalized spacial score (nSPS) is 10.5. The molecule has 0 spiro atoms. The molecule has 18 heavy (non-hydrogen) atoms. The molecule has 0 aliphatic heterocycles. The third-order valence-electron chi connectivity index (χ3n) is 2.67. The van der Waals surface area contributed by atoms with Gasteiger partial charge in [-0.25, -0.2) is 0 Å². The Morgan fingerprint density at radius 1 is 0.833 bits per heavy atom. The fraction of sp³-hybridized carbons (Fsp3) is 0. The first-order valence-corrected chi connectivity index (χ1v) is 7.69. The first-order chi connectivity index (χ1) is 8.83. The molecule has 2 aromatic carbocycles. The van der Waals surface area contributed by atoms with Gasteiger partial charge in [0.25, 0.3) is 0 Å². The van der Waals surface area contributed by atoms with Crippen molar-refractivity contribution in [2.24, 2.45) is 0 Å². The fourth-order valence-corrected chi connectivity index (χ4v) is 3.77. The Bertz CT molecular complexity index is 644. The van der Waals surface area contributed by atoms with E-state index in [1.54, 1.807) is 12.1 Å². The predicted octanol–water partition coefficient (Wildman–Crippen LogP) is 4.09. The molecule has 3 aromatic rings. The zero-order chi connectivity index (χ0) is 12.4. The monoisotopic (exact) mass is 355 g/mol. The van der Waals surface area contributed by atoms with E-state index in [1.807, 2.05) is 18.2 Å². The first kappa shape index (κ1) is 11.6. The van der Waals surface area contributed by atoms with Crippen LogP contribution >= 0.6 is 0 Å². The molecule has 0 N–H and O–H groups in total. The predicted molar refractivity (Wildman–Crippen MR) is 70.9 cm³/mol. The summed E-state index contributed by atoms with van der Waals surface area (Å²) in [6.45, 7) is 0. The molecule has 3 rings (SSSR count). The SMILES string of the molecule is Fc1ccc(-c2cc(-c3ccccc3)[te][o+]2)cc1. The fourth-order valence-electron chi connectivity index (χ4n) is 1.74. The van der Waals surface area contributed by atoms with Gasteiger partial charge in [0.1, 0.15) is 0 Å². The second kappa shape index (κ2) is 5.06. The van der Waals surface area contributed by atoms with Crippen LogP contribution in [0.3, 0.4) is 0 Å². The van der Waals surface area contributed by atoms with Crippen molar-refractivity contribution in [3.05, 3.63) is 66.5 Å². The van der Waals surface area contributed by atoms with E-state index in [-0.39, 0.29) is 5.82 Å². The van der Waals surface area contributed by atoms with E-state index >= 15 is 0 Å². The van der Waals surface area contributed by atoms with Crippen LogP contribution in [0.25, 0.3) is 20.5 Å².